The molecule has 2 rings (SSSR count). The average Bonchev–Trinajstić information content (AvgIpc) is 2.83. The summed E-state index contributed by atoms with van der Waals surface area (Å²) in [5.41, 5.74) is 6.07. The summed E-state index contributed by atoms with van der Waals surface area (Å²) in [5, 5.41) is 6.27. The van der Waals surface area contributed by atoms with Gasteiger partial charge in [-0.05, 0) is 13.0 Å². The molecular weight excluding hydrogens is 274 g/mol. The van der Waals surface area contributed by atoms with Gasteiger partial charge in [0.05, 0.1) is 17.8 Å². The number of hydrogen-bond donors (Lipinski definition) is 2. The van der Waals surface area contributed by atoms with Crippen molar-refractivity contribution in [3.05, 3.63) is 35.9 Å². The molecule has 2 amide bonds. The Morgan fingerprint density at radius 3 is 2.86 bits per heavy atom. The van der Waals surface area contributed by atoms with Gasteiger partial charge in [-0.15, -0.1) is 0 Å². The zero-order valence-corrected chi connectivity index (χ0v) is 11.7. The Kier molecular flexibility index (Phi) is 4.17. The number of carbonyl (C=O) groups excluding carboxylic acids is 2. The van der Waals surface area contributed by atoms with Crippen LogP contribution in [0.15, 0.2) is 29.0 Å². The van der Waals surface area contributed by atoms with Crippen LogP contribution in [-0.2, 0) is 4.79 Å². The fourth-order valence-corrected chi connectivity index (χ4v) is 1.82. The number of hydrogen-bond acceptors (Lipinski definition) is 6. The lowest BCUT2D eigenvalue weighted by atomic mass is 10.2. The largest absolute Gasteiger partial charge is 0.365 e. The zero-order chi connectivity index (χ0) is 15.4. The number of aryl methyl sites for hydroxylation is 1. The highest BCUT2D eigenvalue weighted by Gasteiger charge is 2.15. The van der Waals surface area contributed by atoms with E-state index in [0.717, 1.165) is 0 Å². The SMILES string of the molecule is Cc1cc(NC(=O)CN(C)c2ccncc2C(N)=O)no1. The molecule has 0 aliphatic rings. The Morgan fingerprint density at radius 2 is 2.24 bits per heavy atom. The summed E-state index contributed by atoms with van der Waals surface area (Å²) >= 11 is 0. The smallest absolute Gasteiger partial charge is 0.252 e. The fourth-order valence-electron chi connectivity index (χ4n) is 1.82. The Balaban J connectivity index is 2.06. The Bertz CT molecular complexity index is 667. The molecule has 110 valence electrons. The van der Waals surface area contributed by atoms with Crippen LogP contribution in [0.5, 0.6) is 0 Å². The van der Waals surface area contributed by atoms with E-state index in [9.17, 15) is 9.59 Å². The van der Waals surface area contributed by atoms with Crippen LogP contribution < -0.4 is 16.0 Å². The molecule has 0 fully saturated rings. The third-order valence-corrected chi connectivity index (χ3v) is 2.75. The highest BCUT2D eigenvalue weighted by Crippen LogP contribution is 2.17. The maximum Gasteiger partial charge on any atom is 0.252 e. The molecule has 0 unspecified atom stereocenters. The highest BCUT2D eigenvalue weighted by molar-refractivity contribution is 5.99. The molecule has 21 heavy (non-hydrogen) atoms. The van der Waals surface area contributed by atoms with E-state index < -0.39 is 5.91 Å². The summed E-state index contributed by atoms with van der Waals surface area (Å²) in [7, 11) is 1.68. The molecule has 2 heterocycles. The molecular formula is C13H15N5O3. The van der Waals surface area contributed by atoms with Crippen LogP contribution in [0.25, 0.3) is 0 Å². The van der Waals surface area contributed by atoms with Gasteiger partial charge < -0.3 is 20.5 Å². The Labute approximate surface area is 120 Å². The molecule has 8 nitrogen and oxygen atoms in total. The number of nitrogens with two attached hydrogens (primary N) is 1. The first-order valence-electron chi connectivity index (χ1n) is 6.15. The van der Waals surface area contributed by atoms with E-state index in [1.54, 1.807) is 31.0 Å². The van der Waals surface area contributed by atoms with Crippen molar-refractivity contribution in [2.45, 2.75) is 6.92 Å². The minimum absolute atomic E-state index is 0.0240. The van der Waals surface area contributed by atoms with E-state index in [1.807, 2.05) is 0 Å². The summed E-state index contributed by atoms with van der Waals surface area (Å²) in [4.78, 5) is 28.7. The molecule has 2 aromatic heterocycles. The second-order valence-electron chi connectivity index (χ2n) is 4.48. The summed E-state index contributed by atoms with van der Waals surface area (Å²) in [6.07, 6.45) is 2.89. The van der Waals surface area contributed by atoms with Crippen molar-refractivity contribution in [1.82, 2.24) is 10.1 Å². The number of anilines is 2. The van der Waals surface area contributed by atoms with Crippen molar-refractivity contribution in [2.24, 2.45) is 5.73 Å². The van der Waals surface area contributed by atoms with Crippen molar-refractivity contribution in [3.8, 4) is 0 Å². The Hall–Kier alpha value is -2.90. The van der Waals surface area contributed by atoms with E-state index in [2.05, 4.69) is 15.5 Å². The van der Waals surface area contributed by atoms with Crippen LogP contribution in [0.2, 0.25) is 0 Å². The van der Waals surface area contributed by atoms with Crippen molar-refractivity contribution in [1.29, 1.82) is 0 Å². The number of primary amides is 1. The van der Waals surface area contributed by atoms with E-state index in [1.165, 1.54) is 12.4 Å². The predicted molar refractivity (Wildman–Crippen MR) is 75.9 cm³/mol. The van der Waals surface area contributed by atoms with E-state index in [-0.39, 0.29) is 18.0 Å². The van der Waals surface area contributed by atoms with Gasteiger partial charge in [0.2, 0.25) is 5.91 Å². The lowest BCUT2D eigenvalue weighted by Crippen LogP contribution is -2.31. The molecule has 0 bridgehead atoms. The predicted octanol–water partition coefficient (Wildman–Crippen LogP) is 0.552. The molecule has 2 aromatic rings. The molecule has 3 N–H and O–H groups in total. The number of nitrogens with one attached hydrogen (secondary N) is 1. The van der Waals surface area contributed by atoms with Crippen LogP contribution in [0.3, 0.4) is 0 Å². The highest BCUT2D eigenvalue weighted by atomic mass is 16.5. The number of rotatable bonds is 5. The van der Waals surface area contributed by atoms with E-state index >= 15 is 0 Å². The maximum absolute atomic E-state index is 11.9. The summed E-state index contributed by atoms with van der Waals surface area (Å²) < 4.78 is 4.86. The van der Waals surface area contributed by atoms with Crippen molar-refractivity contribution < 1.29 is 14.1 Å². The van der Waals surface area contributed by atoms with Gasteiger partial charge in [-0.2, -0.15) is 0 Å². The first-order valence-corrected chi connectivity index (χ1v) is 6.15. The molecule has 0 radical (unpaired) electrons. The van der Waals surface area contributed by atoms with Gasteiger partial charge in [0, 0.05) is 25.5 Å². The van der Waals surface area contributed by atoms with Gasteiger partial charge in [0.15, 0.2) is 5.82 Å². The quantitative estimate of drug-likeness (QED) is 0.830. The normalized spacial score (nSPS) is 10.2. The van der Waals surface area contributed by atoms with Crippen LogP contribution >= 0.6 is 0 Å². The topological polar surface area (TPSA) is 114 Å². The second kappa shape index (κ2) is 6.04. The van der Waals surface area contributed by atoms with Gasteiger partial charge in [-0.1, -0.05) is 5.16 Å². The second-order valence-corrected chi connectivity index (χ2v) is 4.48. The number of carbonyl (C=O) groups is 2. The number of likely N-dealkylation sites (N-methyl/N-ethyl adjacent to an activating group) is 1. The van der Waals surface area contributed by atoms with Crippen molar-refractivity contribution in [3.63, 3.8) is 0 Å². The molecule has 0 saturated carbocycles. The lowest BCUT2D eigenvalue weighted by molar-refractivity contribution is -0.115. The fraction of sp³-hybridized carbons (Fsp3) is 0.231. The van der Waals surface area contributed by atoms with Gasteiger partial charge in [-0.3, -0.25) is 14.6 Å². The number of aromatic nitrogens is 2. The third kappa shape index (κ3) is 3.56. The summed E-state index contributed by atoms with van der Waals surface area (Å²) in [6.45, 7) is 1.75. The van der Waals surface area contributed by atoms with Gasteiger partial charge in [0.1, 0.15) is 5.76 Å². The first kappa shape index (κ1) is 14.5. The maximum atomic E-state index is 11.9. The number of nitrogens with zero attached hydrogens (tertiary/aromatic N) is 3. The molecule has 0 aliphatic heterocycles. The summed E-state index contributed by atoms with van der Waals surface area (Å²) in [6, 6.07) is 3.23. The molecule has 0 aromatic carbocycles. The Morgan fingerprint density at radius 1 is 1.48 bits per heavy atom. The minimum Gasteiger partial charge on any atom is -0.365 e. The molecule has 0 saturated heterocycles. The van der Waals surface area contributed by atoms with Crippen LogP contribution in [0, 0.1) is 6.92 Å². The number of pyridine rings is 1. The van der Waals surface area contributed by atoms with Crippen LogP contribution in [0.1, 0.15) is 16.1 Å². The van der Waals surface area contributed by atoms with Gasteiger partial charge >= 0.3 is 0 Å². The molecule has 8 heteroatoms. The van der Waals surface area contributed by atoms with E-state index in [0.29, 0.717) is 17.3 Å². The standard InChI is InChI=1S/C13H15N5O3/c1-8-5-11(17-21-8)16-12(19)7-18(2)10-3-4-15-6-9(10)13(14)20/h3-6H,7H2,1-2H3,(H2,14,20)(H,16,17,19). The minimum atomic E-state index is -0.600. The molecule has 0 atom stereocenters. The van der Waals surface area contributed by atoms with Gasteiger partial charge in [0.25, 0.3) is 5.91 Å². The van der Waals surface area contributed by atoms with Gasteiger partial charge in [-0.25, -0.2) is 0 Å². The lowest BCUT2D eigenvalue weighted by Gasteiger charge is -2.20. The average molecular weight is 289 g/mol. The van der Waals surface area contributed by atoms with Crippen molar-refractivity contribution >= 4 is 23.3 Å². The van der Waals surface area contributed by atoms with Crippen LogP contribution in [0.4, 0.5) is 11.5 Å². The monoisotopic (exact) mass is 289 g/mol. The van der Waals surface area contributed by atoms with Crippen molar-refractivity contribution in [2.75, 3.05) is 23.8 Å². The molecule has 0 spiro atoms. The summed E-state index contributed by atoms with van der Waals surface area (Å²) in [5.74, 6) is 0.0510. The number of amides is 2. The molecule has 0 aliphatic carbocycles. The zero-order valence-electron chi connectivity index (χ0n) is 11.7. The van der Waals surface area contributed by atoms with E-state index in [4.69, 9.17) is 10.3 Å². The first-order chi connectivity index (χ1) is 9.97. The van der Waals surface area contributed by atoms with Crippen LogP contribution in [-0.4, -0.2) is 35.5 Å². The third-order valence-electron chi connectivity index (χ3n) is 2.75.